The van der Waals surface area contributed by atoms with Gasteiger partial charge in [-0.15, -0.1) is 11.3 Å². The number of hydrogen-bond donors (Lipinski definition) is 2. The Morgan fingerprint density at radius 1 is 1.27 bits per heavy atom. The second-order valence-corrected chi connectivity index (χ2v) is 8.23. The Morgan fingerprint density at radius 3 is 2.45 bits per heavy atom. The number of nitrogens with zero attached hydrogens (tertiary/aromatic N) is 2. The van der Waals surface area contributed by atoms with E-state index in [4.69, 9.17) is 0 Å². The molecule has 0 unspecified atom stereocenters. The topological polar surface area (TPSA) is 73.8 Å². The summed E-state index contributed by atoms with van der Waals surface area (Å²) < 4.78 is 25.6. The number of guanidine groups is 1. The highest BCUT2D eigenvalue weighted by atomic mass is 32.2. The van der Waals surface area contributed by atoms with E-state index in [1.165, 1.54) is 14.1 Å². The first kappa shape index (κ1) is 18.9. The van der Waals surface area contributed by atoms with E-state index < -0.39 is 10.0 Å². The number of aliphatic imine (C=N–C) groups is 1. The molecule has 1 aromatic heterocycles. The molecule has 22 heavy (non-hydrogen) atoms. The van der Waals surface area contributed by atoms with Crippen LogP contribution in [0.3, 0.4) is 0 Å². The van der Waals surface area contributed by atoms with Crippen molar-refractivity contribution in [3.05, 3.63) is 21.9 Å². The average Bonchev–Trinajstić information content (AvgIpc) is 2.89. The Morgan fingerprint density at radius 2 is 1.95 bits per heavy atom. The molecule has 0 spiro atoms. The van der Waals surface area contributed by atoms with Gasteiger partial charge in [0, 0.05) is 36.4 Å². The maximum Gasteiger partial charge on any atom is 0.215 e. The van der Waals surface area contributed by atoms with Crippen LogP contribution < -0.4 is 10.6 Å². The van der Waals surface area contributed by atoms with E-state index >= 15 is 0 Å². The van der Waals surface area contributed by atoms with Crippen LogP contribution in [0.15, 0.2) is 17.1 Å². The monoisotopic (exact) mass is 346 g/mol. The Kier molecular flexibility index (Phi) is 7.84. The summed E-state index contributed by atoms with van der Waals surface area (Å²) in [5.41, 5.74) is 0. The highest BCUT2D eigenvalue weighted by molar-refractivity contribution is 7.89. The van der Waals surface area contributed by atoms with Crippen molar-refractivity contribution in [3.63, 3.8) is 0 Å². The van der Waals surface area contributed by atoms with Crippen LogP contribution in [0, 0.1) is 6.92 Å². The summed E-state index contributed by atoms with van der Waals surface area (Å²) in [6.07, 6.45) is 0. The van der Waals surface area contributed by atoms with Crippen molar-refractivity contribution in [1.82, 2.24) is 14.9 Å². The quantitative estimate of drug-likeness (QED) is 0.551. The van der Waals surface area contributed by atoms with Gasteiger partial charge in [0.1, 0.15) is 0 Å². The molecule has 0 saturated carbocycles. The van der Waals surface area contributed by atoms with Gasteiger partial charge in [0.25, 0.3) is 0 Å². The molecule has 6 nitrogen and oxygen atoms in total. The molecule has 126 valence electrons. The molecule has 0 aliphatic rings. The van der Waals surface area contributed by atoms with Crippen LogP contribution in [0.25, 0.3) is 0 Å². The summed E-state index contributed by atoms with van der Waals surface area (Å²) in [5, 5.41) is 6.23. The van der Waals surface area contributed by atoms with Gasteiger partial charge < -0.3 is 10.6 Å². The second-order valence-electron chi connectivity index (χ2n) is 4.77. The first-order valence-corrected chi connectivity index (χ1v) is 9.83. The Balaban J connectivity index is 2.41. The van der Waals surface area contributed by atoms with Crippen molar-refractivity contribution in [2.24, 2.45) is 4.99 Å². The normalized spacial score (nSPS) is 12.7. The highest BCUT2D eigenvalue weighted by Crippen LogP contribution is 2.14. The van der Waals surface area contributed by atoms with Crippen LogP contribution in [0.5, 0.6) is 0 Å². The average molecular weight is 347 g/mol. The molecular formula is C14H26N4O2S2. The van der Waals surface area contributed by atoms with Crippen molar-refractivity contribution >= 4 is 27.3 Å². The van der Waals surface area contributed by atoms with Gasteiger partial charge in [-0.1, -0.05) is 13.8 Å². The molecule has 0 radical (unpaired) electrons. The number of rotatable bonds is 8. The summed E-state index contributed by atoms with van der Waals surface area (Å²) in [6.45, 7) is 7.78. The van der Waals surface area contributed by atoms with Crippen molar-refractivity contribution in [2.45, 2.75) is 27.3 Å². The standard InChI is InChI=1S/C14H26N4O2S2/c1-5-18(6-2)22(19,20)10-9-16-14(15-4)17-11-13-8-7-12(3)21-13/h7-8H,5-6,9-11H2,1-4H3,(H2,15,16,17). The fourth-order valence-corrected chi connectivity index (χ4v) is 4.25. The van der Waals surface area contributed by atoms with Crippen molar-refractivity contribution in [2.75, 3.05) is 32.4 Å². The maximum atomic E-state index is 12.1. The van der Waals surface area contributed by atoms with Gasteiger partial charge in [0.15, 0.2) is 5.96 Å². The number of thiophene rings is 1. The summed E-state index contributed by atoms with van der Waals surface area (Å²) in [4.78, 5) is 6.59. The van der Waals surface area contributed by atoms with Gasteiger partial charge in [-0.2, -0.15) is 0 Å². The molecule has 1 aromatic rings. The Hall–Kier alpha value is -1.12. The molecule has 0 fully saturated rings. The van der Waals surface area contributed by atoms with Crippen LogP contribution in [0.2, 0.25) is 0 Å². The van der Waals surface area contributed by atoms with Gasteiger partial charge >= 0.3 is 0 Å². The fraction of sp³-hybridized carbons (Fsp3) is 0.643. The summed E-state index contributed by atoms with van der Waals surface area (Å²) in [7, 11) is -1.53. The Bertz CT molecular complexity index is 577. The predicted octanol–water partition coefficient (Wildman–Crippen LogP) is 1.39. The van der Waals surface area contributed by atoms with Gasteiger partial charge in [-0.3, -0.25) is 4.99 Å². The maximum absolute atomic E-state index is 12.1. The third-order valence-corrected chi connectivity index (χ3v) is 6.22. The largest absolute Gasteiger partial charge is 0.355 e. The van der Waals surface area contributed by atoms with E-state index in [1.54, 1.807) is 18.4 Å². The third kappa shape index (κ3) is 5.94. The molecule has 2 N–H and O–H groups in total. The third-order valence-electron chi connectivity index (χ3n) is 3.20. The van der Waals surface area contributed by atoms with Gasteiger partial charge in [0.2, 0.25) is 10.0 Å². The summed E-state index contributed by atoms with van der Waals surface area (Å²) in [6, 6.07) is 4.15. The van der Waals surface area contributed by atoms with Crippen LogP contribution in [0.1, 0.15) is 23.6 Å². The molecule has 0 aromatic carbocycles. The minimum atomic E-state index is -3.20. The molecule has 1 rings (SSSR count). The fourth-order valence-electron chi connectivity index (χ4n) is 2.02. The smallest absolute Gasteiger partial charge is 0.215 e. The minimum Gasteiger partial charge on any atom is -0.355 e. The van der Waals surface area contributed by atoms with Gasteiger partial charge in [0.05, 0.1) is 12.3 Å². The number of sulfonamides is 1. The van der Waals surface area contributed by atoms with Crippen LogP contribution >= 0.6 is 11.3 Å². The van der Waals surface area contributed by atoms with E-state index in [2.05, 4.69) is 34.7 Å². The van der Waals surface area contributed by atoms with Crippen LogP contribution in [0.4, 0.5) is 0 Å². The lowest BCUT2D eigenvalue weighted by atomic mass is 10.4. The number of aryl methyl sites for hydroxylation is 1. The van der Waals surface area contributed by atoms with Gasteiger partial charge in [-0.25, -0.2) is 12.7 Å². The van der Waals surface area contributed by atoms with Crippen LogP contribution in [-0.2, 0) is 16.6 Å². The van der Waals surface area contributed by atoms with E-state index in [9.17, 15) is 8.42 Å². The molecule has 0 aliphatic carbocycles. The summed E-state index contributed by atoms with van der Waals surface area (Å²) in [5.74, 6) is 0.675. The van der Waals surface area contributed by atoms with Crippen molar-refractivity contribution < 1.29 is 8.42 Å². The van der Waals surface area contributed by atoms with E-state index in [0.29, 0.717) is 32.1 Å². The van der Waals surface area contributed by atoms with E-state index in [1.807, 2.05) is 13.8 Å². The van der Waals surface area contributed by atoms with Crippen molar-refractivity contribution in [1.29, 1.82) is 0 Å². The first-order chi connectivity index (χ1) is 10.4. The predicted molar refractivity (Wildman–Crippen MR) is 94.0 cm³/mol. The van der Waals surface area contributed by atoms with Crippen LogP contribution in [-0.4, -0.2) is 51.1 Å². The lowest BCUT2D eigenvalue weighted by Gasteiger charge is -2.19. The highest BCUT2D eigenvalue weighted by Gasteiger charge is 2.18. The number of nitrogens with one attached hydrogen (secondary N) is 2. The number of hydrogen-bond acceptors (Lipinski definition) is 4. The first-order valence-electron chi connectivity index (χ1n) is 7.40. The molecule has 1 heterocycles. The SMILES string of the molecule is CCN(CC)S(=O)(=O)CCNC(=NC)NCc1ccc(C)s1. The molecule has 0 aliphatic heterocycles. The van der Waals surface area contributed by atoms with E-state index in [0.717, 1.165) is 0 Å². The lowest BCUT2D eigenvalue weighted by Crippen LogP contribution is -2.41. The molecule has 0 atom stereocenters. The second kappa shape index (κ2) is 9.12. The van der Waals surface area contributed by atoms with Crippen molar-refractivity contribution in [3.8, 4) is 0 Å². The Labute approximate surface area is 137 Å². The molecule has 0 bridgehead atoms. The zero-order chi connectivity index (χ0) is 16.6. The molecule has 0 saturated heterocycles. The molecule has 0 amide bonds. The lowest BCUT2D eigenvalue weighted by molar-refractivity contribution is 0.445. The zero-order valence-corrected chi connectivity index (χ0v) is 15.4. The zero-order valence-electron chi connectivity index (χ0n) is 13.7. The molecule has 8 heteroatoms. The molecular weight excluding hydrogens is 320 g/mol. The van der Waals surface area contributed by atoms with Gasteiger partial charge in [-0.05, 0) is 19.1 Å². The van der Waals surface area contributed by atoms with E-state index in [-0.39, 0.29) is 5.75 Å². The summed E-state index contributed by atoms with van der Waals surface area (Å²) >= 11 is 1.73. The minimum absolute atomic E-state index is 0.0630.